The molecule has 0 aliphatic carbocycles. The van der Waals surface area contributed by atoms with Gasteiger partial charge in [-0.1, -0.05) is 0 Å². The van der Waals surface area contributed by atoms with E-state index in [1.54, 1.807) is 0 Å². The fraction of sp³-hybridized carbons (Fsp3) is 0.909. The average Bonchev–Trinajstić information content (AvgIpc) is 2.45. The maximum absolute atomic E-state index is 13.1. The molecule has 12 heteroatoms. The number of alkyl halides is 8. The van der Waals surface area contributed by atoms with Crippen molar-refractivity contribution in [3.8, 4) is 0 Å². The Bertz CT molecular complexity index is 412. The van der Waals surface area contributed by atoms with Crippen LogP contribution in [0.5, 0.6) is 0 Å². The lowest BCUT2D eigenvalue weighted by Crippen LogP contribution is -2.59. The standard InChI is InChI=1S/C11H13F8NO3/c12-8(13)10(16,17)11(18,19)9(14,15)6-23-7(21)5-20-1-3-22-4-2-20/h8H,1-6H2. The quantitative estimate of drug-likeness (QED) is 0.515. The molecule has 0 unspecified atom stereocenters. The van der Waals surface area contributed by atoms with Crippen molar-refractivity contribution < 1.29 is 49.4 Å². The van der Waals surface area contributed by atoms with E-state index in [9.17, 15) is 39.9 Å². The van der Waals surface area contributed by atoms with E-state index in [0.29, 0.717) is 0 Å². The summed E-state index contributed by atoms with van der Waals surface area (Å²) in [6, 6.07) is 0. The SMILES string of the molecule is O=C(CN1CCOCC1)OCC(F)(F)C(F)(F)C(F)(F)C(F)F. The van der Waals surface area contributed by atoms with E-state index in [2.05, 4.69) is 4.74 Å². The van der Waals surface area contributed by atoms with Crippen molar-refractivity contribution in [1.82, 2.24) is 4.90 Å². The van der Waals surface area contributed by atoms with Crippen LogP contribution in [-0.2, 0) is 14.3 Å². The molecule has 1 rings (SSSR count). The highest BCUT2D eigenvalue weighted by molar-refractivity contribution is 5.71. The van der Waals surface area contributed by atoms with Gasteiger partial charge < -0.3 is 9.47 Å². The van der Waals surface area contributed by atoms with E-state index >= 15 is 0 Å². The van der Waals surface area contributed by atoms with Crippen LogP contribution in [-0.4, -0.2) is 74.5 Å². The third-order valence-electron chi connectivity index (χ3n) is 3.02. The number of nitrogens with zero attached hydrogens (tertiary/aromatic N) is 1. The lowest BCUT2D eigenvalue weighted by atomic mass is 10.1. The maximum Gasteiger partial charge on any atom is 0.381 e. The van der Waals surface area contributed by atoms with Gasteiger partial charge in [0.25, 0.3) is 0 Å². The molecule has 0 amide bonds. The normalized spacial score (nSPS) is 18.3. The fourth-order valence-electron chi connectivity index (χ4n) is 1.63. The van der Waals surface area contributed by atoms with Gasteiger partial charge in [-0.15, -0.1) is 0 Å². The van der Waals surface area contributed by atoms with Gasteiger partial charge in [-0.25, -0.2) is 8.78 Å². The lowest BCUT2D eigenvalue weighted by Gasteiger charge is -2.32. The molecule has 1 aliphatic rings. The highest BCUT2D eigenvalue weighted by Crippen LogP contribution is 2.48. The number of halogens is 8. The van der Waals surface area contributed by atoms with Crippen molar-refractivity contribution in [2.24, 2.45) is 0 Å². The highest BCUT2D eigenvalue weighted by atomic mass is 19.4. The smallest absolute Gasteiger partial charge is 0.381 e. The Kier molecular flexibility index (Phi) is 6.18. The minimum Gasteiger partial charge on any atom is -0.458 e. The van der Waals surface area contributed by atoms with Gasteiger partial charge in [-0.2, -0.15) is 26.3 Å². The minimum absolute atomic E-state index is 0.252. The van der Waals surface area contributed by atoms with E-state index in [1.165, 1.54) is 4.90 Å². The largest absolute Gasteiger partial charge is 0.458 e. The molecule has 0 bridgehead atoms. The maximum atomic E-state index is 13.1. The van der Waals surface area contributed by atoms with Crippen LogP contribution in [0.1, 0.15) is 0 Å². The Balaban J connectivity index is 2.61. The van der Waals surface area contributed by atoms with Crippen LogP contribution < -0.4 is 0 Å². The molecule has 1 fully saturated rings. The van der Waals surface area contributed by atoms with Crippen LogP contribution in [0, 0.1) is 0 Å². The second kappa shape index (κ2) is 7.16. The topological polar surface area (TPSA) is 38.8 Å². The molecular weight excluding hydrogens is 346 g/mol. The van der Waals surface area contributed by atoms with Crippen molar-refractivity contribution in [2.75, 3.05) is 39.5 Å². The van der Waals surface area contributed by atoms with E-state index in [0.717, 1.165) is 0 Å². The second-order valence-electron chi connectivity index (χ2n) is 4.75. The monoisotopic (exact) mass is 359 g/mol. The first-order chi connectivity index (χ1) is 10.4. The molecule has 1 saturated heterocycles. The van der Waals surface area contributed by atoms with Gasteiger partial charge in [0.2, 0.25) is 0 Å². The third-order valence-corrected chi connectivity index (χ3v) is 3.02. The summed E-state index contributed by atoms with van der Waals surface area (Å²) in [5, 5.41) is 0. The number of morpholine rings is 1. The molecule has 0 atom stereocenters. The molecule has 23 heavy (non-hydrogen) atoms. The van der Waals surface area contributed by atoms with Crippen molar-refractivity contribution >= 4 is 5.97 Å². The highest BCUT2D eigenvalue weighted by Gasteiger charge is 2.75. The summed E-state index contributed by atoms with van der Waals surface area (Å²) in [4.78, 5) is 12.6. The molecule has 0 aromatic rings. The van der Waals surface area contributed by atoms with Gasteiger partial charge in [0, 0.05) is 13.1 Å². The van der Waals surface area contributed by atoms with Gasteiger partial charge in [0.05, 0.1) is 19.8 Å². The minimum atomic E-state index is -6.38. The van der Waals surface area contributed by atoms with E-state index < -0.39 is 43.3 Å². The van der Waals surface area contributed by atoms with Crippen molar-refractivity contribution in [1.29, 1.82) is 0 Å². The predicted molar refractivity (Wildman–Crippen MR) is 59.1 cm³/mol. The van der Waals surface area contributed by atoms with Crippen molar-refractivity contribution in [3.63, 3.8) is 0 Å². The fourth-order valence-corrected chi connectivity index (χ4v) is 1.63. The Morgan fingerprint density at radius 3 is 2.09 bits per heavy atom. The Morgan fingerprint density at radius 2 is 1.61 bits per heavy atom. The molecule has 0 saturated carbocycles. The van der Waals surface area contributed by atoms with Crippen molar-refractivity contribution in [3.05, 3.63) is 0 Å². The van der Waals surface area contributed by atoms with Gasteiger partial charge in [-0.05, 0) is 0 Å². The number of rotatable bonds is 7. The van der Waals surface area contributed by atoms with Crippen LogP contribution in [0.3, 0.4) is 0 Å². The summed E-state index contributed by atoms with van der Waals surface area (Å²) in [5.41, 5.74) is 0. The zero-order valence-electron chi connectivity index (χ0n) is 11.5. The second-order valence-corrected chi connectivity index (χ2v) is 4.75. The number of hydrogen-bond acceptors (Lipinski definition) is 4. The van der Waals surface area contributed by atoms with Gasteiger partial charge >= 0.3 is 30.2 Å². The summed E-state index contributed by atoms with van der Waals surface area (Å²) in [6.45, 7) is -1.97. The van der Waals surface area contributed by atoms with Gasteiger partial charge in [0.15, 0.2) is 6.61 Å². The van der Waals surface area contributed by atoms with Crippen LogP contribution >= 0.6 is 0 Å². The number of ether oxygens (including phenoxy) is 2. The number of hydrogen-bond donors (Lipinski definition) is 0. The van der Waals surface area contributed by atoms with E-state index in [-0.39, 0.29) is 26.3 Å². The molecule has 0 spiro atoms. The Hall–Kier alpha value is -1.17. The zero-order valence-corrected chi connectivity index (χ0v) is 11.5. The van der Waals surface area contributed by atoms with Crippen molar-refractivity contribution in [2.45, 2.75) is 24.2 Å². The molecular formula is C11H13F8NO3. The van der Waals surface area contributed by atoms with Crippen LogP contribution in [0.2, 0.25) is 0 Å². The van der Waals surface area contributed by atoms with Gasteiger partial charge in [-0.3, -0.25) is 9.69 Å². The molecule has 4 nitrogen and oxygen atoms in total. The molecule has 1 aliphatic heterocycles. The zero-order chi connectivity index (χ0) is 17.9. The first-order valence-electron chi connectivity index (χ1n) is 6.29. The summed E-state index contributed by atoms with van der Waals surface area (Å²) in [6.07, 6.45) is -5.01. The van der Waals surface area contributed by atoms with Gasteiger partial charge in [0.1, 0.15) is 0 Å². The number of esters is 1. The average molecular weight is 359 g/mol. The predicted octanol–water partition coefficient (Wildman–Crippen LogP) is 2.03. The first kappa shape index (κ1) is 19.9. The summed E-state index contributed by atoms with van der Waals surface area (Å²) >= 11 is 0. The summed E-state index contributed by atoms with van der Waals surface area (Å²) in [7, 11) is 0. The molecule has 0 aromatic carbocycles. The molecule has 0 aromatic heterocycles. The first-order valence-corrected chi connectivity index (χ1v) is 6.29. The van der Waals surface area contributed by atoms with Crippen LogP contribution in [0.4, 0.5) is 35.1 Å². The third kappa shape index (κ3) is 4.43. The van der Waals surface area contributed by atoms with Crippen LogP contribution in [0.15, 0.2) is 0 Å². The molecule has 0 N–H and O–H groups in total. The Labute approximate surface area is 125 Å². The summed E-state index contributed by atoms with van der Waals surface area (Å²) < 4.78 is 110. The molecule has 0 radical (unpaired) electrons. The number of carbonyl (C=O) groups is 1. The van der Waals surface area contributed by atoms with Crippen LogP contribution in [0.25, 0.3) is 0 Å². The molecule has 136 valence electrons. The summed E-state index contributed by atoms with van der Waals surface area (Å²) in [5.74, 6) is -19.7. The molecule has 1 heterocycles. The number of carbonyl (C=O) groups excluding carboxylic acids is 1. The Morgan fingerprint density at radius 1 is 1.09 bits per heavy atom. The van der Waals surface area contributed by atoms with E-state index in [4.69, 9.17) is 4.74 Å². The lowest BCUT2D eigenvalue weighted by molar-refractivity contribution is -0.344. The van der Waals surface area contributed by atoms with E-state index in [1.807, 2.05) is 0 Å².